The largest absolute Gasteiger partial charge is 0.465 e. The lowest BCUT2D eigenvalue weighted by Gasteiger charge is -2.28. The second-order valence-corrected chi connectivity index (χ2v) is 5.03. The summed E-state index contributed by atoms with van der Waals surface area (Å²) in [4.78, 5) is 12.0. The number of carbonyl (C=O) groups is 1. The van der Waals surface area contributed by atoms with E-state index in [-0.39, 0.29) is 12.1 Å². The van der Waals surface area contributed by atoms with Crippen LogP contribution in [0.15, 0.2) is 0 Å². The van der Waals surface area contributed by atoms with E-state index in [1.165, 1.54) is 0 Å². The first-order chi connectivity index (χ1) is 9.50. The minimum atomic E-state index is -0.628. The van der Waals surface area contributed by atoms with Gasteiger partial charge in [0.05, 0.1) is 19.3 Å². The zero-order valence-corrected chi connectivity index (χ0v) is 13.7. The van der Waals surface area contributed by atoms with Crippen molar-refractivity contribution in [3.63, 3.8) is 0 Å². The maximum Gasteiger partial charge on any atom is 0.326 e. The Bertz CT molecular complexity index is 260. The second-order valence-electron chi connectivity index (χ2n) is 5.03. The van der Waals surface area contributed by atoms with Crippen LogP contribution >= 0.6 is 0 Å². The van der Waals surface area contributed by atoms with E-state index in [9.17, 15) is 4.79 Å². The van der Waals surface area contributed by atoms with Gasteiger partial charge in [-0.05, 0) is 47.1 Å². The summed E-state index contributed by atoms with van der Waals surface area (Å²) in [6.45, 7) is 12.7. The molecule has 0 fully saturated rings. The summed E-state index contributed by atoms with van der Waals surface area (Å²) in [7, 11) is 0. The zero-order chi connectivity index (χ0) is 15.4. The van der Waals surface area contributed by atoms with E-state index in [4.69, 9.17) is 14.2 Å². The number of carbonyl (C=O) groups excluding carboxylic acids is 1. The lowest BCUT2D eigenvalue weighted by Crippen LogP contribution is -2.50. The van der Waals surface area contributed by atoms with E-state index >= 15 is 0 Å². The number of nitrogens with one attached hydrogen (secondary N) is 1. The smallest absolute Gasteiger partial charge is 0.326 e. The van der Waals surface area contributed by atoms with Crippen molar-refractivity contribution in [1.29, 1.82) is 0 Å². The van der Waals surface area contributed by atoms with E-state index in [1.54, 1.807) is 0 Å². The Balaban J connectivity index is 4.05. The predicted molar refractivity (Wildman–Crippen MR) is 79.9 cm³/mol. The molecule has 2 unspecified atom stereocenters. The highest BCUT2D eigenvalue weighted by atomic mass is 16.5. The average Bonchev–Trinajstić information content (AvgIpc) is 2.42. The van der Waals surface area contributed by atoms with Gasteiger partial charge in [-0.15, -0.1) is 0 Å². The molecule has 0 rings (SSSR count). The standard InChI is InChI=1S/C15H31NO4/c1-6-16-15(5,14(17)19-8-3)10-9-11-20-13(4)12-18-7-2/h13,16H,6-12H2,1-5H3. The first kappa shape index (κ1) is 19.4. The Kier molecular flexibility index (Phi) is 10.7. The Morgan fingerprint density at radius 2 is 1.95 bits per heavy atom. The molecule has 0 aliphatic carbocycles. The number of hydrogen-bond donors (Lipinski definition) is 1. The summed E-state index contributed by atoms with van der Waals surface area (Å²) >= 11 is 0. The van der Waals surface area contributed by atoms with Crippen LogP contribution in [-0.2, 0) is 19.0 Å². The quantitative estimate of drug-likeness (QED) is 0.440. The number of esters is 1. The summed E-state index contributed by atoms with van der Waals surface area (Å²) in [5, 5.41) is 3.21. The number of hydrogen-bond acceptors (Lipinski definition) is 5. The minimum absolute atomic E-state index is 0.0860. The third-order valence-electron chi connectivity index (χ3n) is 3.07. The molecular weight excluding hydrogens is 258 g/mol. The van der Waals surface area contributed by atoms with E-state index < -0.39 is 5.54 Å². The van der Waals surface area contributed by atoms with Crippen molar-refractivity contribution in [2.24, 2.45) is 0 Å². The van der Waals surface area contributed by atoms with Gasteiger partial charge in [0.2, 0.25) is 0 Å². The molecule has 2 atom stereocenters. The maximum absolute atomic E-state index is 12.0. The van der Waals surface area contributed by atoms with Gasteiger partial charge < -0.3 is 19.5 Å². The molecule has 0 amide bonds. The van der Waals surface area contributed by atoms with Crippen LogP contribution in [0.1, 0.15) is 47.5 Å². The third-order valence-corrected chi connectivity index (χ3v) is 3.07. The first-order valence-corrected chi connectivity index (χ1v) is 7.61. The molecule has 20 heavy (non-hydrogen) atoms. The normalized spacial score (nSPS) is 15.7. The van der Waals surface area contributed by atoms with Gasteiger partial charge in [-0.1, -0.05) is 6.92 Å². The van der Waals surface area contributed by atoms with Crippen molar-refractivity contribution in [1.82, 2.24) is 5.32 Å². The molecule has 120 valence electrons. The van der Waals surface area contributed by atoms with Crippen molar-refractivity contribution in [2.75, 3.05) is 33.0 Å². The van der Waals surface area contributed by atoms with Gasteiger partial charge in [0.1, 0.15) is 5.54 Å². The molecule has 0 spiro atoms. The van der Waals surface area contributed by atoms with Gasteiger partial charge in [-0.2, -0.15) is 0 Å². The molecule has 0 saturated carbocycles. The summed E-state index contributed by atoms with van der Waals surface area (Å²) in [5.74, 6) is -0.191. The van der Waals surface area contributed by atoms with Crippen LogP contribution in [0.2, 0.25) is 0 Å². The molecule has 0 aromatic carbocycles. The Labute approximate surface area is 123 Å². The monoisotopic (exact) mass is 289 g/mol. The molecule has 5 heteroatoms. The van der Waals surface area contributed by atoms with E-state index in [1.807, 2.05) is 34.6 Å². The lowest BCUT2D eigenvalue weighted by atomic mass is 9.96. The third kappa shape index (κ3) is 7.82. The highest BCUT2D eigenvalue weighted by Gasteiger charge is 2.33. The summed E-state index contributed by atoms with van der Waals surface area (Å²) in [6, 6.07) is 0. The zero-order valence-electron chi connectivity index (χ0n) is 13.7. The molecule has 0 aliphatic heterocycles. The molecule has 1 N–H and O–H groups in total. The first-order valence-electron chi connectivity index (χ1n) is 7.61. The molecule has 0 aliphatic rings. The van der Waals surface area contributed by atoms with E-state index in [0.29, 0.717) is 32.8 Å². The lowest BCUT2D eigenvalue weighted by molar-refractivity contribution is -0.151. The highest BCUT2D eigenvalue weighted by molar-refractivity contribution is 5.80. The molecule has 0 aromatic rings. The van der Waals surface area contributed by atoms with Crippen molar-refractivity contribution >= 4 is 5.97 Å². The van der Waals surface area contributed by atoms with E-state index in [0.717, 1.165) is 13.0 Å². The SMILES string of the molecule is CCNC(C)(CCCOC(C)COCC)C(=O)OCC. The Morgan fingerprint density at radius 1 is 1.25 bits per heavy atom. The van der Waals surface area contributed by atoms with Gasteiger partial charge in [-0.3, -0.25) is 4.79 Å². The molecular formula is C15H31NO4. The van der Waals surface area contributed by atoms with Crippen LogP contribution in [-0.4, -0.2) is 50.6 Å². The highest BCUT2D eigenvalue weighted by Crippen LogP contribution is 2.15. The predicted octanol–water partition coefficient (Wildman–Crippen LogP) is 2.14. The van der Waals surface area contributed by atoms with Crippen LogP contribution in [0.3, 0.4) is 0 Å². The molecule has 5 nitrogen and oxygen atoms in total. The Hall–Kier alpha value is -0.650. The molecule has 0 heterocycles. The molecule has 0 aromatic heterocycles. The fourth-order valence-corrected chi connectivity index (χ4v) is 1.99. The second kappa shape index (κ2) is 11.1. The van der Waals surface area contributed by atoms with Crippen molar-refractivity contribution in [3.05, 3.63) is 0 Å². The minimum Gasteiger partial charge on any atom is -0.465 e. The summed E-state index contributed by atoms with van der Waals surface area (Å²) < 4.78 is 16.1. The number of ether oxygens (including phenoxy) is 3. The Morgan fingerprint density at radius 3 is 2.50 bits per heavy atom. The van der Waals surface area contributed by atoms with Crippen LogP contribution in [0.25, 0.3) is 0 Å². The van der Waals surface area contributed by atoms with Crippen LogP contribution in [0.4, 0.5) is 0 Å². The van der Waals surface area contributed by atoms with Crippen LogP contribution in [0, 0.1) is 0 Å². The summed E-state index contributed by atoms with van der Waals surface area (Å²) in [6.07, 6.45) is 1.59. The van der Waals surface area contributed by atoms with Gasteiger partial charge in [0.15, 0.2) is 0 Å². The maximum atomic E-state index is 12.0. The van der Waals surface area contributed by atoms with Crippen LogP contribution < -0.4 is 5.32 Å². The van der Waals surface area contributed by atoms with Crippen LogP contribution in [0.5, 0.6) is 0 Å². The number of rotatable bonds is 12. The van der Waals surface area contributed by atoms with E-state index in [2.05, 4.69) is 5.32 Å². The molecule has 0 saturated heterocycles. The van der Waals surface area contributed by atoms with Crippen molar-refractivity contribution < 1.29 is 19.0 Å². The van der Waals surface area contributed by atoms with Crippen molar-refractivity contribution in [2.45, 2.75) is 59.1 Å². The molecule has 0 bridgehead atoms. The van der Waals surface area contributed by atoms with Gasteiger partial charge in [0, 0.05) is 13.2 Å². The fraction of sp³-hybridized carbons (Fsp3) is 0.933. The van der Waals surface area contributed by atoms with Gasteiger partial charge >= 0.3 is 5.97 Å². The van der Waals surface area contributed by atoms with Gasteiger partial charge in [0.25, 0.3) is 0 Å². The van der Waals surface area contributed by atoms with Gasteiger partial charge in [-0.25, -0.2) is 0 Å². The van der Waals surface area contributed by atoms with Crippen molar-refractivity contribution in [3.8, 4) is 0 Å². The molecule has 0 radical (unpaired) electrons. The topological polar surface area (TPSA) is 56.8 Å². The number of likely N-dealkylation sites (N-methyl/N-ethyl adjacent to an activating group) is 1. The fourth-order valence-electron chi connectivity index (χ4n) is 1.99. The average molecular weight is 289 g/mol. The summed E-state index contributed by atoms with van der Waals surface area (Å²) in [5.41, 5.74) is -0.628.